The topological polar surface area (TPSA) is 57.8 Å². The summed E-state index contributed by atoms with van der Waals surface area (Å²) >= 11 is 0. The molecule has 112 valence electrons. The van der Waals surface area contributed by atoms with Gasteiger partial charge in [-0.15, -0.1) is 0 Å². The Hall–Kier alpha value is -2.20. The molecule has 1 fully saturated rings. The molecule has 4 nitrogen and oxygen atoms in total. The van der Waals surface area contributed by atoms with E-state index in [-0.39, 0.29) is 11.7 Å². The third-order valence-electron chi connectivity index (χ3n) is 4.60. The number of carbonyl (C=O) groups excluding carboxylic acids is 1. The minimum Gasteiger partial charge on any atom is -0.353 e. The summed E-state index contributed by atoms with van der Waals surface area (Å²) in [6.45, 7) is 3.75. The number of ketones is 1. The van der Waals surface area contributed by atoms with Crippen molar-refractivity contribution < 1.29 is 4.79 Å². The molecular formula is C18H19N3O. The Kier molecular flexibility index (Phi) is 3.19. The number of pyridine rings is 1. The number of para-hydroxylation sites is 1. The molecule has 1 atom stereocenters. The molecular weight excluding hydrogens is 274 g/mol. The SMILES string of the molecule is Cc1nc(C(=O)C2CCCNC2)cc2c1[nH]c1ccccc12. The molecule has 22 heavy (non-hydrogen) atoms. The van der Waals surface area contributed by atoms with Crippen molar-refractivity contribution in [1.82, 2.24) is 15.3 Å². The van der Waals surface area contributed by atoms with E-state index in [0.717, 1.165) is 53.4 Å². The number of piperidine rings is 1. The van der Waals surface area contributed by atoms with Crippen LogP contribution in [-0.4, -0.2) is 28.8 Å². The fourth-order valence-corrected chi connectivity index (χ4v) is 3.42. The molecule has 1 aliphatic rings. The number of hydrogen-bond donors (Lipinski definition) is 2. The van der Waals surface area contributed by atoms with E-state index in [1.165, 1.54) is 0 Å². The molecule has 2 aromatic heterocycles. The summed E-state index contributed by atoms with van der Waals surface area (Å²) in [5.74, 6) is 0.228. The van der Waals surface area contributed by atoms with Gasteiger partial charge in [0.25, 0.3) is 0 Å². The summed E-state index contributed by atoms with van der Waals surface area (Å²) in [4.78, 5) is 20.7. The number of nitrogens with one attached hydrogen (secondary N) is 2. The Bertz CT molecular complexity index is 859. The fraction of sp³-hybridized carbons (Fsp3) is 0.333. The maximum Gasteiger partial charge on any atom is 0.185 e. The van der Waals surface area contributed by atoms with Crippen LogP contribution in [-0.2, 0) is 0 Å². The molecule has 0 saturated carbocycles. The van der Waals surface area contributed by atoms with Gasteiger partial charge in [0.1, 0.15) is 5.69 Å². The van der Waals surface area contributed by atoms with Crippen LogP contribution in [0, 0.1) is 12.8 Å². The number of aryl methyl sites for hydroxylation is 1. The number of nitrogens with zero attached hydrogens (tertiary/aromatic N) is 1. The van der Waals surface area contributed by atoms with Gasteiger partial charge in [-0.3, -0.25) is 4.79 Å². The fourth-order valence-electron chi connectivity index (χ4n) is 3.42. The van der Waals surface area contributed by atoms with E-state index in [1.54, 1.807) is 0 Å². The van der Waals surface area contributed by atoms with E-state index >= 15 is 0 Å². The first-order valence-electron chi connectivity index (χ1n) is 7.87. The van der Waals surface area contributed by atoms with Crippen LogP contribution in [0.4, 0.5) is 0 Å². The van der Waals surface area contributed by atoms with Gasteiger partial charge in [0, 0.05) is 28.8 Å². The van der Waals surface area contributed by atoms with E-state index in [4.69, 9.17) is 0 Å². The molecule has 1 aromatic carbocycles. The summed E-state index contributed by atoms with van der Waals surface area (Å²) in [6, 6.07) is 10.1. The van der Waals surface area contributed by atoms with E-state index in [0.29, 0.717) is 5.69 Å². The molecule has 3 heterocycles. The Morgan fingerprint density at radius 2 is 2.14 bits per heavy atom. The monoisotopic (exact) mass is 293 g/mol. The van der Waals surface area contributed by atoms with Crippen molar-refractivity contribution in [2.75, 3.05) is 13.1 Å². The summed E-state index contributed by atoms with van der Waals surface area (Å²) in [5, 5.41) is 5.55. The Balaban J connectivity index is 1.84. The van der Waals surface area contributed by atoms with Crippen molar-refractivity contribution in [3.63, 3.8) is 0 Å². The molecule has 1 aliphatic heterocycles. The first kappa shape index (κ1) is 13.5. The largest absolute Gasteiger partial charge is 0.353 e. The lowest BCUT2D eigenvalue weighted by Gasteiger charge is -2.21. The molecule has 0 aliphatic carbocycles. The summed E-state index contributed by atoms with van der Waals surface area (Å²) in [5.41, 5.74) is 3.61. The predicted octanol–water partition coefficient (Wildman–Crippen LogP) is 3.21. The molecule has 2 N–H and O–H groups in total. The lowest BCUT2D eigenvalue weighted by Crippen LogP contribution is -2.34. The van der Waals surface area contributed by atoms with Crippen LogP contribution in [0.5, 0.6) is 0 Å². The number of H-pyrrole nitrogens is 1. The number of rotatable bonds is 2. The van der Waals surface area contributed by atoms with Crippen molar-refractivity contribution in [2.45, 2.75) is 19.8 Å². The van der Waals surface area contributed by atoms with Gasteiger partial charge < -0.3 is 10.3 Å². The number of aromatic amines is 1. The van der Waals surface area contributed by atoms with Crippen molar-refractivity contribution >= 4 is 27.6 Å². The van der Waals surface area contributed by atoms with Crippen LogP contribution in [0.3, 0.4) is 0 Å². The van der Waals surface area contributed by atoms with Crippen molar-refractivity contribution in [2.24, 2.45) is 5.92 Å². The molecule has 4 heteroatoms. The molecule has 0 radical (unpaired) electrons. The third-order valence-corrected chi connectivity index (χ3v) is 4.60. The highest BCUT2D eigenvalue weighted by Gasteiger charge is 2.24. The molecule has 0 bridgehead atoms. The summed E-state index contributed by atoms with van der Waals surface area (Å²) in [7, 11) is 0. The lowest BCUT2D eigenvalue weighted by molar-refractivity contribution is 0.0894. The number of fused-ring (bicyclic) bond motifs is 3. The van der Waals surface area contributed by atoms with Gasteiger partial charge in [0.15, 0.2) is 5.78 Å². The molecule has 3 aromatic rings. The van der Waals surface area contributed by atoms with Gasteiger partial charge in [-0.2, -0.15) is 0 Å². The maximum atomic E-state index is 12.7. The van der Waals surface area contributed by atoms with Crippen LogP contribution in [0.2, 0.25) is 0 Å². The average Bonchev–Trinajstić information content (AvgIpc) is 2.94. The zero-order chi connectivity index (χ0) is 15.1. The van der Waals surface area contributed by atoms with Gasteiger partial charge in [0.2, 0.25) is 0 Å². The highest BCUT2D eigenvalue weighted by Crippen LogP contribution is 2.28. The van der Waals surface area contributed by atoms with Crippen molar-refractivity contribution in [3.05, 3.63) is 41.7 Å². The smallest absolute Gasteiger partial charge is 0.185 e. The normalized spacial score (nSPS) is 18.9. The van der Waals surface area contributed by atoms with E-state index in [1.807, 2.05) is 25.1 Å². The second-order valence-corrected chi connectivity index (χ2v) is 6.09. The van der Waals surface area contributed by atoms with Crippen LogP contribution < -0.4 is 5.32 Å². The minimum atomic E-state index is 0.0586. The second kappa shape index (κ2) is 5.21. The van der Waals surface area contributed by atoms with Crippen LogP contribution in [0.15, 0.2) is 30.3 Å². The van der Waals surface area contributed by atoms with E-state index in [9.17, 15) is 4.79 Å². The Labute approximate surface area is 128 Å². The highest BCUT2D eigenvalue weighted by molar-refractivity contribution is 6.10. The van der Waals surface area contributed by atoms with E-state index in [2.05, 4.69) is 27.4 Å². The molecule has 4 rings (SSSR count). The molecule has 1 saturated heterocycles. The maximum absolute atomic E-state index is 12.7. The van der Waals surface area contributed by atoms with Gasteiger partial charge in [0.05, 0.1) is 11.2 Å². The molecule has 0 spiro atoms. The van der Waals surface area contributed by atoms with Crippen LogP contribution in [0.1, 0.15) is 29.0 Å². The van der Waals surface area contributed by atoms with Gasteiger partial charge in [-0.05, 0) is 38.4 Å². The first-order chi connectivity index (χ1) is 10.7. The van der Waals surface area contributed by atoms with Crippen molar-refractivity contribution in [3.8, 4) is 0 Å². The van der Waals surface area contributed by atoms with Crippen molar-refractivity contribution in [1.29, 1.82) is 0 Å². The zero-order valence-electron chi connectivity index (χ0n) is 12.6. The predicted molar refractivity (Wildman–Crippen MR) is 88.3 cm³/mol. The number of aromatic nitrogens is 2. The zero-order valence-corrected chi connectivity index (χ0v) is 12.6. The third kappa shape index (κ3) is 2.11. The summed E-state index contributed by atoms with van der Waals surface area (Å²) in [6.07, 6.45) is 2.02. The van der Waals surface area contributed by atoms with Crippen LogP contribution in [0.25, 0.3) is 21.8 Å². The van der Waals surface area contributed by atoms with Gasteiger partial charge >= 0.3 is 0 Å². The number of carbonyl (C=O) groups is 1. The van der Waals surface area contributed by atoms with Gasteiger partial charge in [-0.25, -0.2) is 4.98 Å². The van der Waals surface area contributed by atoms with Gasteiger partial charge in [-0.1, -0.05) is 18.2 Å². The number of hydrogen-bond acceptors (Lipinski definition) is 3. The average molecular weight is 293 g/mol. The standard InChI is InChI=1S/C18H19N3O/c1-11-17-14(13-6-2-3-7-15(13)21-17)9-16(20-11)18(22)12-5-4-8-19-10-12/h2-3,6-7,9,12,19,21H,4-5,8,10H2,1H3. The molecule has 0 amide bonds. The first-order valence-corrected chi connectivity index (χ1v) is 7.87. The minimum absolute atomic E-state index is 0.0586. The lowest BCUT2D eigenvalue weighted by atomic mass is 9.92. The van der Waals surface area contributed by atoms with E-state index < -0.39 is 0 Å². The Morgan fingerprint density at radius 1 is 1.27 bits per heavy atom. The number of benzene rings is 1. The van der Waals surface area contributed by atoms with Crippen LogP contribution >= 0.6 is 0 Å². The second-order valence-electron chi connectivity index (χ2n) is 6.09. The quantitative estimate of drug-likeness (QED) is 0.713. The Morgan fingerprint density at radius 3 is 2.95 bits per heavy atom. The summed E-state index contributed by atoms with van der Waals surface area (Å²) < 4.78 is 0. The highest BCUT2D eigenvalue weighted by atomic mass is 16.1. The molecule has 1 unspecified atom stereocenters. The number of Topliss-reactive ketones (excluding diaryl/α,β-unsaturated/α-hetero) is 1.